The summed E-state index contributed by atoms with van der Waals surface area (Å²) < 4.78 is 0. The number of aliphatic hydroxyl groups excluding tert-OH is 1. The van der Waals surface area contributed by atoms with E-state index in [0.29, 0.717) is 13.2 Å². The Kier molecular flexibility index (Phi) is 26.2. The monoisotopic (exact) mass is 414 g/mol. The molecule has 0 amide bonds. The molecule has 0 aromatic rings. The average Bonchev–Trinajstić information content (AvgIpc) is 2.71. The van der Waals surface area contributed by atoms with Gasteiger partial charge in [-0.1, -0.05) is 89.9 Å². The molecule has 28 heavy (non-hydrogen) atoms. The second-order valence-corrected chi connectivity index (χ2v) is 6.69. The number of hydrogen-bond donors (Lipinski definition) is 2. The van der Waals surface area contributed by atoms with Crippen molar-refractivity contribution in [1.29, 1.82) is 0 Å². The van der Waals surface area contributed by atoms with Crippen molar-refractivity contribution in [3.8, 4) is 0 Å². The molecule has 10 heteroatoms. The van der Waals surface area contributed by atoms with Gasteiger partial charge in [-0.05, 0) is 48.1 Å². The van der Waals surface area contributed by atoms with E-state index in [1.54, 1.807) is 0 Å². The average molecular weight is 414 g/mol. The van der Waals surface area contributed by atoms with E-state index in [2.05, 4.69) is 40.2 Å². The minimum Gasteiger partial charge on any atom is -0.396 e. The summed E-state index contributed by atoms with van der Waals surface area (Å²) in [5, 5.41) is 41.9. The predicted octanol–water partition coefficient (Wildman–Crippen LogP) is 5.23. The van der Waals surface area contributed by atoms with Crippen LogP contribution < -0.4 is 0 Å². The summed E-state index contributed by atoms with van der Waals surface area (Å²) in [6.07, 6.45) is 19.8. The first-order valence-electron chi connectivity index (χ1n) is 10.5. The largest absolute Gasteiger partial charge is 0.396 e. The summed E-state index contributed by atoms with van der Waals surface area (Å²) in [5.41, 5.74) is 0. The molecule has 0 radical (unpaired) electrons. The molecule has 0 unspecified atom stereocenters. The van der Waals surface area contributed by atoms with Gasteiger partial charge >= 0.3 is 0 Å². The lowest BCUT2D eigenvalue weighted by molar-refractivity contribution is -0.830. The van der Waals surface area contributed by atoms with Gasteiger partial charge in [0, 0.05) is 6.61 Å². The van der Waals surface area contributed by atoms with Crippen LogP contribution in [0.5, 0.6) is 0 Å². The highest BCUT2D eigenvalue weighted by Gasteiger charge is 1.97. The maximum Gasteiger partial charge on any atom is 0.0855 e. The zero-order valence-corrected chi connectivity index (χ0v) is 16.9. The van der Waals surface area contributed by atoms with Crippen LogP contribution in [0.2, 0.25) is 0 Å². The molecule has 0 saturated heterocycles. The Morgan fingerprint density at radius 1 is 0.393 bits per heavy atom. The van der Waals surface area contributed by atoms with Crippen LogP contribution in [0.1, 0.15) is 103 Å². The van der Waals surface area contributed by atoms with Crippen LogP contribution in [0.3, 0.4) is 0 Å². The van der Waals surface area contributed by atoms with Gasteiger partial charge in [-0.15, -0.1) is 0 Å². The van der Waals surface area contributed by atoms with Gasteiger partial charge in [-0.25, -0.2) is 10.1 Å². The van der Waals surface area contributed by atoms with E-state index >= 15 is 0 Å². The van der Waals surface area contributed by atoms with Crippen LogP contribution in [0, 0.1) is 0 Å². The molecule has 0 aliphatic carbocycles. The number of unbranched alkanes of at least 4 members (excludes halogenated alkanes) is 15. The summed E-state index contributed by atoms with van der Waals surface area (Å²) in [5.74, 6) is 0. The van der Waals surface area contributed by atoms with E-state index in [1.165, 1.54) is 83.5 Å². The Bertz CT molecular complexity index is 245. The zero-order chi connectivity index (χ0) is 20.4. The standard InChI is InChI=1S/C18H38O10/c19-17-15-13-11-9-7-5-3-1-2-4-6-8-10-12-14-16-18-21-23-25-27-28-26-24-22-20/h19-20H,1-18H2. The lowest BCUT2D eigenvalue weighted by atomic mass is 10.0. The van der Waals surface area contributed by atoms with Gasteiger partial charge in [0.05, 0.1) is 6.61 Å². The highest BCUT2D eigenvalue weighted by atomic mass is 17.9. The molecule has 0 atom stereocenters. The lowest BCUT2D eigenvalue weighted by Gasteiger charge is -2.04. The molecular formula is C18H38O10. The Morgan fingerprint density at radius 3 is 1.18 bits per heavy atom. The first-order chi connectivity index (χ1) is 13.9. The van der Waals surface area contributed by atoms with Crippen molar-refractivity contribution >= 4 is 0 Å². The van der Waals surface area contributed by atoms with Gasteiger partial charge in [0.2, 0.25) is 0 Å². The highest BCUT2D eigenvalue weighted by molar-refractivity contribution is 4.50. The van der Waals surface area contributed by atoms with Crippen molar-refractivity contribution in [3.05, 3.63) is 0 Å². The van der Waals surface area contributed by atoms with Gasteiger partial charge in [0.1, 0.15) is 0 Å². The van der Waals surface area contributed by atoms with Crippen molar-refractivity contribution < 1.29 is 50.5 Å². The van der Waals surface area contributed by atoms with Crippen molar-refractivity contribution in [2.45, 2.75) is 103 Å². The van der Waals surface area contributed by atoms with Gasteiger partial charge in [-0.2, -0.15) is 0 Å². The molecule has 170 valence electrons. The third-order valence-electron chi connectivity index (χ3n) is 4.35. The van der Waals surface area contributed by atoms with E-state index in [9.17, 15) is 0 Å². The van der Waals surface area contributed by atoms with Crippen molar-refractivity contribution in [1.82, 2.24) is 0 Å². The molecule has 10 nitrogen and oxygen atoms in total. The fourth-order valence-corrected chi connectivity index (χ4v) is 2.86. The van der Waals surface area contributed by atoms with Crippen LogP contribution in [-0.2, 0) is 40.2 Å². The Morgan fingerprint density at radius 2 is 0.750 bits per heavy atom. The molecule has 0 saturated carbocycles. The molecule has 0 fully saturated rings. The van der Waals surface area contributed by atoms with Crippen molar-refractivity contribution in [2.75, 3.05) is 13.2 Å². The molecule has 0 rings (SSSR count). The number of rotatable bonds is 25. The number of aliphatic hydroxyl groups is 1. The van der Waals surface area contributed by atoms with E-state index < -0.39 is 0 Å². The topological polar surface area (TPSA) is 114 Å². The predicted molar refractivity (Wildman–Crippen MR) is 97.1 cm³/mol. The van der Waals surface area contributed by atoms with Crippen LogP contribution in [0.25, 0.3) is 0 Å². The summed E-state index contributed by atoms with van der Waals surface area (Å²) in [6.45, 7) is 0.699. The van der Waals surface area contributed by atoms with Gasteiger partial charge < -0.3 is 5.11 Å². The van der Waals surface area contributed by atoms with Crippen molar-refractivity contribution in [3.63, 3.8) is 0 Å². The fourth-order valence-electron chi connectivity index (χ4n) is 2.86. The fraction of sp³-hybridized carbons (Fsp3) is 1.00. The maximum absolute atomic E-state index is 8.71. The minimum atomic E-state index is 0.336. The van der Waals surface area contributed by atoms with Gasteiger partial charge in [0.15, 0.2) is 0 Å². The first-order valence-corrected chi connectivity index (χ1v) is 10.5. The summed E-state index contributed by atoms with van der Waals surface area (Å²) in [4.78, 5) is 4.65. The van der Waals surface area contributed by atoms with Gasteiger partial charge in [-0.3, -0.25) is 0 Å². The lowest BCUT2D eigenvalue weighted by Crippen LogP contribution is -2.02. The summed E-state index contributed by atoms with van der Waals surface area (Å²) in [6, 6.07) is 0. The third-order valence-corrected chi connectivity index (χ3v) is 4.35. The minimum absolute atomic E-state index is 0.336. The molecule has 0 aromatic heterocycles. The van der Waals surface area contributed by atoms with Crippen LogP contribution >= 0.6 is 0 Å². The third kappa shape index (κ3) is 25.6. The summed E-state index contributed by atoms with van der Waals surface area (Å²) >= 11 is 0. The van der Waals surface area contributed by atoms with Gasteiger partial charge in [0.25, 0.3) is 0 Å². The second kappa shape index (κ2) is 26.6. The highest BCUT2D eigenvalue weighted by Crippen LogP contribution is 2.13. The molecule has 0 aromatic carbocycles. The Hall–Kier alpha value is -0.400. The maximum atomic E-state index is 8.71. The summed E-state index contributed by atoms with van der Waals surface area (Å²) in [7, 11) is 0. The van der Waals surface area contributed by atoms with Crippen LogP contribution in [0.15, 0.2) is 0 Å². The van der Waals surface area contributed by atoms with E-state index in [4.69, 9.17) is 10.4 Å². The molecule has 0 heterocycles. The molecule has 0 bridgehead atoms. The van der Waals surface area contributed by atoms with Crippen molar-refractivity contribution in [2.24, 2.45) is 0 Å². The molecule has 0 aliphatic rings. The second-order valence-electron chi connectivity index (χ2n) is 6.69. The molecule has 0 aliphatic heterocycles. The Balaban J connectivity index is 2.96. The van der Waals surface area contributed by atoms with E-state index in [1.807, 2.05) is 0 Å². The first kappa shape index (κ1) is 27.6. The number of hydrogen-bond acceptors (Lipinski definition) is 10. The van der Waals surface area contributed by atoms with E-state index in [-0.39, 0.29) is 0 Å². The zero-order valence-electron chi connectivity index (χ0n) is 16.9. The normalized spacial score (nSPS) is 11.4. The molecule has 2 N–H and O–H groups in total. The molecular weight excluding hydrogens is 376 g/mol. The SMILES string of the molecule is OCCCCCCCCCCCCCCCCCCOOOOOOOOO. The Labute approximate surface area is 167 Å². The smallest absolute Gasteiger partial charge is 0.0855 e. The quantitative estimate of drug-likeness (QED) is 0.117. The van der Waals surface area contributed by atoms with Crippen LogP contribution in [0.4, 0.5) is 0 Å². The molecule has 0 spiro atoms. The van der Waals surface area contributed by atoms with Crippen LogP contribution in [-0.4, -0.2) is 23.6 Å². The van der Waals surface area contributed by atoms with E-state index in [0.717, 1.165) is 19.3 Å².